The van der Waals surface area contributed by atoms with E-state index in [0.29, 0.717) is 0 Å². The number of hydrogen-bond acceptors (Lipinski definition) is 4. The van der Waals surface area contributed by atoms with Crippen LogP contribution >= 0.6 is 23.1 Å². The Bertz CT molecular complexity index is 575. The monoisotopic (exact) mass is 264 g/mol. The number of nitrogens with zero attached hydrogens (tertiary/aromatic N) is 1. The lowest BCUT2D eigenvalue weighted by Crippen LogP contribution is -2.12. The fraction of sp³-hybridized carbons (Fsp3) is 0.333. The number of carbonyl (C=O) groups excluding carboxylic acids is 1. The zero-order chi connectivity index (χ0) is 11.8. The quantitative estimate of drug-likeness (QED) is 0.864. The van der Waals surface area contributed by atoms with Gasteiger partial charge in [-0.1, -0.05) is 11.3 Å². The molecule has 0 saturated heterocycles. The second-order valence-electron chi connectivity index (χ2n) is 4.12. The van der Waals surface area contributed by atoms with Gasteiger partial charge in [-0.15, -0.1) is 11.8 Å². The van der Waals surface area contributed by atoms with Crippen molar-refractivity contribution in [2.24, 2.45) is 5.92 Å². The standard InChI is InChI=1S/C12H12N2OS2/c1-16-8-4-5-9-10(6-8)17-12(13-9)14-11(15)7-2-3-7/h4-7H,2-3H2,1H3,(H,13,14,15). The third-order valence-electron chi connectivity index (χ3n) is 2.77. The average molecular weight is 264 g/mol. The second kappa shape index (κ2) is 4.31. The van der Waals surface area contributed by atoms with E-state index in [-0.39, 0.29) is 11.8 Å². The predicted molar refractivity (Wildman–Crippen MR) is 72.8 cm³/mol. The van der Waals surface area contributed by atoms with Crippen molar-refractivity contribution < 1.29 is 4.79 Å². The van der Waals surface area contributed by atoms with Gasteiger partial charge in [0, 0.05) is 10.8 Å². The summed E-state index contributed by atoms with van der Waals surface area (Å²) < 4.78 is 1.13. The third-order valence-corrected chi connectivity index (χ3v) is 4.43. The van der Waals surface area contributed by atoms with Crippen LogP contribution in [0.2, 0.25) is 0 Å². The van der Waals surface area contributed by atoms with Gasteiger partial charge < -0.3 is 5.32 Å². The van der Waals surface area contributed by atoms with Gasteiger partial charge in [-0.25, -0.2) is 4.98 Å². The fourth-order valence-electron chi connectivity index (χ4n) is 1.64. The molecule has 2 aromatic rings. The maximum Gasteiger partial charge on any atom is 0.229 e. The molecule has 0 atom stereocenters. The van der Waals surface area contributed by atoms with Gasteiger partial charge >= 0.3 is 0 Å². The van der Waals surface area contributed by atoms with Gasteiger partial charge in [0.1, 0.15) is 0 Å². The van der Waals surface area contributed by atoms with Crippen LogP contribution in [0.4, 0.5) is 5.13 Å². The fourth-order valence-corrected chi connectivity index (χ4v) is 3.06. The molecule has 0 spiro atoms. The molecular weight excluding hydrogens is 252 g/mol. The molecule has 0 aliphatic heterocycles. The Hall–Kier alpha value is -1.07. The van der Waals surface area contributed by atoms with Crippen molar-refractivity contribution in [3.05, 3.63) is 18.2 Å². The first-order chi connectivity index (χ1) is 8.26. The van der Waals surface area contributed by atoms with Crippen LogP contribution in [0.5, 0.6) is 0 Å². The third kappa shape index (κ3) is 2.30. The van der Waals surface area contributed by atoms with Crippen LogP contribution in [0.15, 0.2) is 23.1 Å². The van der Waals surface area contributed by atoms with Crippen molar-refractivity contribution in [1.82, 2.24) is 4.98 Å². The van der Waals surface area contributed by atoms with E-state index in [2.05, 4.69) is 28.7 Å². The molecule has 88 valence electrons. The van der Waals surface area contributed by atoms with Crippen LogP contribution in [0.1, 0.15) is 12.8 Å². The summed E-state index contributed by atoms with van der Waals surface area (Å²) in [6, 6.07) is 6.17. The number of rotatable bonds is 3. The molecular formula is C12H12N2OS2. The number of aromatic nitrogens is 1. The second-order valence-corrected chi connectivity index (χ2v) is 6.03. The lowest BCUT2D eigenvalue weighted by molar-refractivity contribution is -0.117. The Morgan fingerprint density at radius 2 is 2.35 bits per heavy atom. The van der Waals surface area contributed by atoms with E-state index in [0.717, 1.165) is 28.2 Å². The molecule has 3 rings (SSSR count). The normalized spacial score (nSPS) is 15.1. The van der Waals surface area contributed by atoms with Crippen LogP contribution in [-0.2, 0) is 4.79 Å². The van der Waals surface area contributed by atoms with E-state index in [1.165, 1.54) is 4.90 Å². The zero-order valence-electron chi connectivity index (χ0n) is 9.40. The number of anilines is 1. The maximum atomic E-state index is 11.6. The number of carbonyl (C=O) groups is 1. The van der Waals surface area contributed by atoms with Crippen molar-refractivity contribution in [1.29, 1.82) is 0 Å². The van der Waals surface area contributed by atoms with E-state index in [1.54, 1.807) is 23.1 Å². The molecule has 1 N–H and O–H groups in total. The van der Waals surface area contributed by atoms with E-state index >= 15 is 0 Å². The molecule has 17 heavy (non-hydrogen) atoms. The number of thiazole rings is 1. The number of nitrogens with one attached hydrogen (secondary N) is 1. The smallest absolute Gasteiger partial charge is 0.229 e. The molecule has 1 heterocycles. The molecule has 1 amide bonds. The highest BCUT2D eigenvalue weighted by Gasteiger charge is 2.30. The first-order valence-electron chi connectivity index (χ1n) is 5.52. The van der Waals surface area contributed by atoms with Gasteiger partial charge in [0.05, 0.1) is 10.2 Å². The van der Waals surface area contributed by atoms with Crippen molar-refractivity contribution in [2.45, 2.75) is 17.7 Å². The minimum absolute atomic E-state index is 0.120. The summed E-state index contributed by atoms with van der Waals surface area (Å²) in [5.74, 6) is 0.345. The Kier molecular flexibility index (Phi) is 2.80. The number of hydrogen-bond donors (Lipinski definition) is 1. The van der Waals surface area contributed by atoms with E-state index in [4.69, 9.17) is 0 Å². The summed E-state index contributed by atoms with van der Waals surface area (Å²) in [5.41, 5.74) is 0.957. The molecule has 1 aliphatic carbocycles. The number of amides is 1. The SMILES string of the molecule is CSc1ccc2nc(NC(=O)C3CC3)sc2c1. The average Bonchev–Trinajstić information content (AvgIpc) is 3.10. The summed E-state index contributed by atoms with van der Waals surface area (Å²) >= 11 is 3.26. The number of thioether (sulfide) groups is 1. The lowest BCUT2D eigenvalue weighted by atomic mass is 10.3. The Labute approximate surface area is 108 Å². The highest BCUT2D eigenvalue weighted by atomic mass is 32.2. The molecule has 1 saturated carbocycles. The summed E-state index contributed by atoms with van der Waals surface area (Å²) in [7, 11) is 0. The molecule has 0 bridgehead atoms. The van der Waals surface area contributed by atoms with Gasteiger partial charge in [0.25, 0.3) is 0 Å². The van der Waals surface area contributed by atoms with Gasteiger partial charge in [-0.2, -0.15) is 0 Å². The lowest BCUT2D eigenvalue weighted by Gasteiger charge is -1.96. The molecule has 1 aliphatic rings. The topological polar surface area (TPSA) is 42.0 Å². The van der Waals surface area contributed by atoms with Gasteiger partial charge in [-0.05, 0) is 37.3 Å². The van der Waals surface area contributed by atoms with E-state index in [1.807, 2.05) is 6.07 Å². The number of benzene rings is 1. The van der Waals surface area contributed by atoms with Crippen molar-refractivity contribution in [2.75, 3.05) is 11.6 Å². The largest absolute Gasteiger partial charge is 0.302 e. The summed E-state index contributed by atoms with van der Waals surface area (Å²) in [5, 5.41) is 3.61. The molecule has 1 aromatic heterocycles. The summed E-state index contributed by atoms with van der Waals surface area (Å²) in [6.45, 7) is 0. The van der Waals surface area contributed by atoms with Gasteiger partial charge in [-0.3, -0.25) is 4.79 Å². The van der Waals surface area contributed by atoms with Crippen LogP contribution in [0.25, 0.3) is 10.2 Å². The van der Waals surface area contributed by atoms with Gasteiger partial charge in [0.2, 0.25) is 5.91 Å². The van der Waals surface area contributed by atoms with Crippen LogP contribution in [-0.4, -0.2) is 17.1 Å². The molecule has 0 radical (unpaired) electrons. The zero-order valence-corrected chi connectivity index (χ0v) is 11.0. The maximum absolute atomic E-state index is 11.6. The molecule has 0 unspecified atom stereocenters. The summed E-state index contributed by atoms with van der Waals surface area (Å²) in [4.78, 5) is 17.3. The first-order valence-corrected chi connectivity index (χ1v) is 7.56. The van der Waals surface area contributed by atoms with Crippen molar-refractivity contribution in [3.63, 3.8) is 0 Å². The van der Waals surface area contributed by atoms with Gasteiger partial charge in [0.15, 0.2) is 5.13 Å². The first kappa shape index (κ1) is 11.0. The molecule has 5 heteroatoms. The number of fused-ring (bicyclic) bond motifs is 1. The predicted octanol–water partition coefficient (Wildman–Crippen LogP) is 3.37. The van der Waals surface area contributed by atoms with Crippen molar-refractivity contribution >= 4 is 44.4 Å². The van der Waals surface area contributed by atoms with E-state index in [9.17, 15) is 4.79 Å². The molecule has 1 fully saturated rings. The Morgan fingerprint density at radius 3 is 3.06 bits per heavy atom. The van der Waals surface area contributed by atoms with Crippen molar-refractivity contribution in [3.8, 4) is 0 Å². The minimum Gasteiger partial charge on any atom is -0.302 e. The van der Waals surface area contributed by atoms with Crippen LogP contribution in [0.3, 0.4) is 0 Å². The minimum atomic E-state index is 0.120. The molecule has 3 nitrogen and oxygen atoms in total. The Balaban J connectivity index is 1.87. The van der Waals surface area contributed by atoms with Crippen LogP contribution < -0.4 is 5.32 Å². The summed E-state index contributed by atoms with van der Waals surface area (Å²) in [6.07, 6.45) is 4.10. The highest BCUT2D eigenvalue weighted by molar-refractivity contribution is 7.98. The molecule has 1 aromatic carbocycles. The van der Waals surface area contributed by atoms with E-state index < -0.39 is 0 Å². The van der Waals surface area contributed by atoms with Crippen LogP contribution in [0, 0.1) is 5.92 Å². The highest BCUT2D eigenvalue weighted by Crippen LogP contribution is 2.33. The Morgan fingerprint density at radius 1 is 1.53 bits per heavy atom.